The lowest BCUT2D eigenvalue weighted by Gasteiger charge is -2.23. The van der Waals surface area contributed by atoms with Crippen LogP contribution < -0.4 is 10.6 Å². The van der Waals surface area contributed by atoms with E-state index in [1.165, 1.54) is 11.3 Å². The third kappa shape index (κ3) is 2.63. The predicted octanol–water partition coefficient (Wildman–Crippen LogP) is 2.66. The van der Waals surface area contributed by atoms with Crippen molar-refractivity contribution in [3.05, 3.63) is 11.4 Å². The maximum absolute atomic E-state index is 12.5. The van der Waals surface area contributed by atoms with Crippen LogP contribution in [0.25, 0.3) is 10.2 Å². The van der Waals surface area contributed by atoms with Gasteiger partial charge in [0.15, 0.2) is 0 Å². The van der Waals surface area contributed by atoms with Gasteiger partial charge in [-0.1, -0.05) is 0 Å². The molecule has 0 aliphatic heterocycles. The smallest absolute Gasteiger partial charge is 0.368 e. The summed E-state index contributed by atoms with van der Waals surface area (Å²) in [6.45, 7) is 0.786. The first-order valence-electron chi connectivity index (χ1n) is 5.23. The summed E-state index contributed by atoms with van der Waals surface area (Å²) in [5, 5.41) is 2.35. The molecule has 0 saturated heterocycles. The van der Waals surface area contributed by atoms with Crippen molar-refractivity contribution in [3.8, 4) is 0 Å². The normalized spacial score (nSPS) is 12.0. The molecule has 2 aromatic rings. The Morgan fingerprint density at radius 1 is 1.39 bits per heavy atom. The van der Waals surface area contributed by atoms with Crippen LogP contribution >= 0.6 is 11.3 Å². The van der Waals surface area contributed by atoms with Crippen molar-refractivity contribution in [2.45, 2.75) is 13.1 Å². The number of thiophene rings is 1. The first-order valence-corrected chi connectivity index (χ1v) is 6.11. The number of nitrogens with zero attached hydrogens (tertiary/aromatic N) is 3. The average Bonchev–Trinajstić information content (AvgIpc) is 2.71. The van der Waals surface area contributed by atoms with Crippen molar-refractivity contribution in [3.63, 3.8) is 0 Å². The Kier molecular flexibility index (Phi) is 3.29. The summed E-state index contributed by atoms with van der Waals surface area (Å²) in [6, 6.07) is 1.70. The Labute approximate surface area is 105 Å². The zero-order valence-electron chi connectivity index (χ0n) is 9.53. The number of rotatable bonds is 3. The summed E-state index contributed by atoms with van der Waals surface area (Å²) in [4.78, 5) is 9.66. The molecule has 2 aromatic heterocycles. The lowest BCUT2D eigenvalue weighted by Crippen LogP contribution is -2.34. The Morgan fingerprint density at radius 3 is 2.72 bits per heavy atom. The van der Waals surface area contributed by atoms with E-state index in [0.717, 1.165) is 4.90 Å². The largest absolute Gasteiger partial charge is 0.405 e. The molecule has 2 heterocycles. The maximum atomic E-state index is 12.5. The molecule has 0 radical (unpaired) electrons. The average molecular weight is 276 g/mol. The topological polar surface area (TPSA) is 55.0 Å². The van der Waals surface area contributed by atoms with Crippen molar-refractivity contribution in [2.24, 2.45) is 0 Å². The SMILES string of the molecule is CCN(CC(F)(F)F)c1nc(N)nc2sccc12. The summed E-state index contributed by atoms with van der Waals surface area (Å²) in [7, 11) is 0. The summed E-state index contributed by atoms with van der Waals surface area (Å²) in [5.74, 6) is 0.221. The van der Waals surface area contributed by atoms with Gasteiger partial charge in [0.05, 0.1) is 5.39 Å². The Morgan fingerprint density at radius 2 is 2.11 bits per heavy atom. The van der Waals surface area contributed by atoms with Crippen molar-refractivity contribution < 1.29 is 13.2 Å². The lowest BCUT2D eigenvalue weighted by molar-refractivity contribution is -0.119. The molecule has 0 aromatic carbocycles. The van der Waals surface area contributed by atoms with Crippen LogP contribution in [0.2, 0.25) is 0 Å². The van der Waals surface area contributed by atoms with E-state index in [9.17, 15) is 13.2 Å². The monoisotopic (exact) mass is 276 g/mol. The molecule has 2 N–H and O–H groups in total. The van der Waals surface area contributed by atoms with Gasteiger partial charge >= 0.3 is 6.18 Å². The zero-order valence-corrected chi connectivity index (χ0v) is 10.3. The second kappa shape index (κ2) is 4.60. The van der Waals surface area contributed by atoms with Crippen molar-refractivity contribution in [1.82, 2.24) is 9.97 Å². The number of fused-ring (bicyclic) bond motifs is 1. The quantitative estimate of drug-likeness (QED) is 0.936. The van der Waals surface area contributed by atoms with E-state index in [0.29, 0.717) is 10.2 Å². The van der Waals surface area contributed by atoms with E-state index < -0.39 is 12.7 Å². The number of halogens is 3. The molecule has 0 aliphatic rings. The van der Waals surface area contributed by atoms with Gasteiger partial charge in [-0.2, -0.15) is 18.2 Å². The van der Waals surface area contributed by atoms with Gasteiger partial charge in [-0.25, -0.2) is 4.98 Å². The van der Waals surface area contributed by atoms with Gasteiger partial charge in [0.1, 0.15) is 17.2 Å². The van der Waals surface area contributed by atoms with E-state index in [-0.39, 0.29) is 18.3 Å². The van der Waals surface area contributed by atoms with E-state index >= 15 is 0 Å². The van der Waals surface area contributed by atoms with Gasteiger partial charge in [0.2, 0.25) is 5.95 Å². The fourth-order valence-corrected chi connectivity index (χ4v) is 2.42. The molecule has 18 heavy (non-hydrogen) atoms. The number of alkyl halides is 3. The second-order valence-electron chi connectivity index (χ2n) is 3.67. The molecule has 2 rings (SSSR count). The van der Waals surface area contributed by atoms with E-state index in [2.05, 4.69) is 9.97 Å². The highest BCUT2D eigenvalue weighted by atomic mass is 32.1. The molecule has 4 nitrogen and oxygen atoms in total. The van der Waals surface area contributed by atoms with E-state index in [1.54, 1.807) is 18.4 Å². The van der Waals surface area contributed by atoms with Crippen molar-refractivity contribution >= 4 is 33.3 Å². The van der Waals surface area contributed by atoms with Gasteiger partial charge in [0, 0.05) is 6.54 Å². The molecule has 0 spiro atoms. The van der Waals surface area contributed by atoms with Crippen molar-refractivity contribution in [2.75, 3.05) is 23.7 Å². The van der Waals surface area contributed by atoms with Gasteiger partial charge < -0.3 is 10.6 Å². The molecule has 0 fully saturated rings. The van der Waals surface area contributed by atoms with Crippen LogP contribution in [-0.4, -0.2) is 29.2 Å². The molecule has 0 aliphatic carbocycles. The molecular weight excluding hydrogens is 265 g/mol. The molecular formula is C10H11F3N4S. The van der Waals surface area contributed by atoms with Crippen LogP contribution in [0.1, 0.15) is 6.92 Å². The van der Waals surface area contributed by atoms with Crippen LogP contribution in [0.4, 0.5) is 24.9 Å². The summed E-state index contributed by atoms with van der Waals surface area (Å²) in [5.41, 5.74) is 5.52. The molecule has 98 valence electrons. The second-order valence-corrected chi connectivity index (χ2v) is 4.57. The minimum atomic E-state index is -4.28. The van der Waals surface area contributed by atoms with Gasteiger partial charge in [-0.3, -0.25) is 0 Å². The first kappa shape index (κ1) is 12.9. The van der Waals surface area contributed by atoms with Crippen molar-refractivity contribution in [1.29, 1.82) is 0 Å². The predicted molar refractivity (Wildman–Crippen MR) is 65.8 cm³/mol. The standard InChI is InChI=1S/C10H11F3N4S/c1-2-17(5-10(11,12)13)7-6-3-4-18-8(6)16-9(14)15-7/h3-4H,2,5H2,1H3,(H2,14,15,16). The van der Waals surface area contributed by atoms with E-state index in [1.807, 2.05) is 0 Å². The van der Waals surface area contributed by atoms with Crippen LogP contribution in [-0.2, 0) is 0 Å². The van der Waals surface area contributed by atoms with Crippen LogP contribution in [0.3, 0.4) is 0 Å². The molecule has 0 saturated carbocycles. The molecule has 8 heteroatoms. The lowest BCUT2D eigenvalue weighted by atomic mass is 10.3. The Balaban J connectivity index is 2.47. The number of hydrogen-bond donors (Lipinski definition) is 1. The van der Waals surface area contributed by atoms with Gasteiger partial charge in [-0.05, 0) is 18.4 Å². The fourth-order valence-electron chi connectivity index (χ4n) is 1.65. The third-order valence-corrected chi connectivity index (χ3v) is 3.18. The highest BCUT2D eigenvalue weighted by Crippen LogP contribution is 2.30. The number of nitrogens with two attached hydrogens (primary N) is 1. The summed E-state index contributed by atoms with van der Waals surface area (Å²) in [6.07, 6.45) is -4.28. The highest BCUT2D eigenvalue weighted by molar-refractivity contribution is 7.16. The van der Waals surface area contributed by atoms with E-state index in [4.69, 9.17) is 5.73 Å². The highest BCUT2D eigenvalue weighted by Gasteiger charge is 2.31. The first-order chi connectivity index (χ1) is 8.40. The number of aromatic nitrogens is 2. The fraction of sp³-hybridized carbons (Fsp3) is 0.400. The minimum Gasteiger partial charge on any atom is -0.368 e. The zero-order chi connectivity index (χ0) is 13.3. The maximum Gasteiger partial charge on any atom is 0.405 e. The molecule has 0 amide bonds. The molecule has 0 bridgehead atoms. The number of nitrogen functional groups attached to an aromatic ring is 1. The van der Waals surface area contributed by atoms with Gasteiger partial charge in [0.25, 0.3) is 0 Å². The number of anilines is 2. The molecule has 0 unspecified atom stereocenters. The third-order valence-electron chi connectivity index (χ3n) is 2.37. The number of hydrogen-bond acceptors (Lipinski definition) is 5. The summed E-state index contributed by atoms with van der Waals surface area (Å²) >= 11 is 1.32. The van der Waals surface area contributed by atoms with Crippen LogP contribution in [0, 0.1) is 0 Å². The Bertz CT molecular complexity index is 552. The molecule has 0 atom stereocenters. The van der Waals surface area contributed by atoms with Gasteiger partial charge in [-0.15, -0.1) is 11.3 Å². The Hall–Kier alpha value is -1.57. The van der Waals surface area contributed by atoms with Crippen LogP contribution in [0.15, 0.2) is 11.4 Å². The summed E-state index contributed by atoms with van der Waals surface area (Å²) < 4.78 is 37.5. The van der Waals surface area contributed by atoms with Crippen LogP contribution in [0.5, 0.6) is 0 Å². The minimum absolute atomic E-state index is 0.0134.